The van der Waals surface area contributed by atoms with Crippen LogP contribution in [0.25, 0.3) is 0 Å². The molecule has 0 aliphatic carbocycles. The van der Waals surface area contributed by atoms with Crippen molar-refractivity contribution in [3.05, 3.63) is 64.7 Å². The van der Waals surface area contributed by atoms with E-state index in [0.29, 0.717) is 17.4 Å². The molecule has 0 aromatic heterocycles. The molecule has 2 aromatic carbocycles. The summed E-state index contributed by atoms with van der Waals surface area (Å²) in [6, 6.07) is 15.0. The van der Waals surface area contributed by atoms with E-state index in [2.05, 4.69) is 17.2 Å². The molecule has 1 atom stereocenters. The quantitative estimate of drug-likeness (QED) is 0.304. The first-order valence-corrected chi connectivity index (χ1v) is 11.5. The molecule has 1 saturated heterocycles. The first-order chi connectivity index (χ1) is 15.5. The molecule has 1 N–H and O–H groups in total. The number of rotatable bonds is 10. The number of para-hydroxylation sites is 1. The Bertz CT molecular complexity index is 979. The van der Waals surface area contributed by atoms with Crippen LogP contribution in [0.2, 0.25) is 0 Å². The lowest BCUT2D eigenvalue weighted by Crippen LogP contribution is -2.34. The largest absolute Gasteiger partial charge is 0.326 e. The fourth-order valence-electron chi connectivity index (χ4n) is 3.29. The van der Waals surface area contributed by atoms with Crippen LogP contribution in [-0.4, -0.2) is 38.6 Å². The maximum Gasteiger partial charge on any atom is 0.269 e. The summed E-state index contributed by atoms with van der Waals surface area (Å²) in [5, 5.41) is 13.5. The average molecular weight is 455 g/mol. The van der Waals surface area contributed by atoms with Crippen LogP contribution in [0.5, 0.6) is 0 Å². The summed E-state index contributed by atoms with van der Waals surface area (Å²) in [4.78, 5) is 42.2. The number of hydrogen-bond donors (Lipinski definition) is 1. The number of nitro benzene ring substituents is 1. The summed E-state index contributed by atoms with van der Waals surface area (Å²) in [7, 11) is 0. The predicted octanol–water partition coefficient (Wildman–Crippen LogP) is 5.14. The minimum absolute atomic E-state index is 0.000241. The Hall–Kier alpha value is -3.20. The predicted molar refractivity (Wildman–Crippen MR) is 127 cm³/mol. The number of nitro groups is 1. The highest BCUT2D eigenvalue weighted by molar-refractivity contribution is 8.15. The maximum absolute atomic E-state index is 13.0. The Morgan fingerprint density at radius 3 is 2.50 bits per heavy atom. The molecule has 0 saturated carbocycles. The fourth-order valence-corrected chi connectivity index (χ4v) is 4.47. The van der Waals surface area contributed by atoms with Gasteiger partial charge in [0.05, 0.1) is 10.6 Å². The van der Waals surface area contributed by atoms with Gasteiger partial charge in [0.2, 0.25) is 11.8 Å². The number of benzene rings is 2. The molecule has 1 fully saturated rings. The second kappa shape index (κ2) is 11.4. The fraction of sp³-hybridized carbons (Fsp3) is 0.348. The molecule has 1 aliphatic heterocycles. The van der Waals surface area contributed by atoms with E-state index < -0.39 is 10.2 Å². The van der Waals surface area contributed by atoms with Gasteiger partial charge in [-0.2, -0.15) is 0 Å². The summed E-state index contributed by atoms with van der Waals surface area (Å²) in [5.41, 5.74) is 1.16. The number of nitrogens with one attached hydrogen (secondary N) is 1. The van der Waals surface area contributed by atoms with E-state index in [4.69, 9.17) is 0 Å². The number of carbonyl (C=O) groups is 2. The highest BCUT2D eigenvalue weighted by Crippen LogP contribution is 2.32. The van der Waals surface area contributed by atoms with Gasteiger partial charge < -0.3 is 5.32 Å². The molecule has 0 unspecified atom stereocenters. The van der Waals surface area contributed by atoms with E-state index >= 15 is 0 Å². The van der Waals surface area contributed by atoms with Crippen LogP contribution in [0, 0.1) is 10.1 Å². The van der Waals surface area contributed by atoms with Gasteiger partial charge in [-0.25, -0.2) is 4.99 Å². The van der Waals surface area contributed by atoms with Crippen molar-refractivity contribution in [1.82, 2.24) is 4.90 Å². The maximum atomic E-state index is 13.0. The number of aliphatic imine (C=N–C) groups is 1. The first kappa shape index (κ1) is 23.5. The van der Waals surface area contributed by atoms with Crippen LogP contribution < -0.4 is 5.32 Å². The summed E-state index contributed by atoms with van der Waals surface area (Å²) in [6.07, 6.45) is 4.14. The highest BCUT2D eigenvalue weighted by Gasteiger charge is 2.38. The van der Waals surface area contributed by atoms with Gasteiger partial charge in [-0.05, 0) is 30.7 Å². The van der Waals surface area contributed by atoms with Crippen LogP contribution >= 0.6 is 11.8 Å². The molecular formula is C23H26N4O4S. The van der Waals surface area contributed by atoms with Gasteiger partial charge in [0.25, 0.3) is 5.69 Å². The second-order valence-electron chi connectivity index (χ2n) is 7.44. The Morgan fingerprint density at radius 2 is 1.84 bits per heavy atom. The number of nitrogens with zero attached hydrogens (tertiary/aromatic N) is 3. The molecular weight excluding hydrogens is 428 g/mol. The number of amidine groups is 1. The third-order valence-corrected chi connectivity index (χ3v) is 6.14. The topological polar surface area (TPSA) is 105 Å². The number of hydrogen-bond acceptors (Lipinski definition) is 6. The van der Waals surface area contributed by atoms with E-state index in [1.54, 1.807) is 4.90 Å². The second-order valence-corrected chi connectivity index (χ2v) is 8.61. The molecule has 9 heteroatoms. The molecule has 2 amide bonds. The highest BCUT2D eigenvalue weighted by atomic mass is 32.2. The molecule has 0 radical (unpaired) electrons. The Balaban J connectivity index is 1.67. The van der Waals surface area contributed by atoms with Crippen molar-refractivity contribution in [3.63, 3.8) is 0 Å². The smallest absolute Gasteiger partial charge is 0.269 e. The zero-order valence-corrected chi connectivity index (χ0v) is 18.7. The van der Waals surface area contributed by atoms with Gasteiger partial charge >= 0.3 is 0 Å². The Morgan fingerprint density at radius 1 is 1.12 bits per heavy atom. The minimum Gasteiger partial charge on any atom is -0.326 e. The number of non-ortho nitro benzene ring substituents is 1. The van der Waals surface area contributed by atoms with E-state index in [1.807, 2.05) is 30.3 Å². The van der Waals surface area contributed by atoms with Crippen molar-refractivity contribution >= 4 is 45.8 Å². The minimum atomic E-state index is -0.554. The molecule has 3 rings (SSSR count). The van der Waals surface area contributed by atoms with Gasteiger partial charge in [-0.1, -0.05) is 56.1 Å². The van der Waals surface area contributed by atoms with Gasteiger partial charge in [-0.3, -0.25) is 24.6 Å². The van der Waals surface area contributed by atoms with Crippen molar-refractivity contribution < 1.29 is 14.5 Å². The number of anilines is 1. The molecule has 0 spiro atoms. The molecule has 168 valence electrons. The molecule has 1 aliphatic rings. The molecule has 32 heavy (non-hydrogen) atoms. The number of carbonyl (C=O) groups excluding carboxylic acids is 2. The van der Waals surface area contributed by atoms with Crippen molar-refractivity contribution in [1.29, 1.82) is 0 Å². The summed E-state index contributed by atoms with van der Waals surface area (Å²) in [6.45, 7) is 2.72. The molecule has 8 nitrogen and oxygen atoms in total. The van der Waals surface area contributed by atoms with Crippen LogP contribution in [0.15, 0.2) is 59.6 Å². The third kappa shape index (κ3) is 6.40. The summed E-state index contributed by atoms with van der Waals surface area (Å²) in [5.74, 6) is -0.434. The molecule has 2 aromatic rings. The van der Waals surface area contributed by atoms with E-state index in [1.165, 1.54) is 36.0 Å². The van der Waals surface area contributed by atoms with E-state index in [9.17, 15) is 19.7 Å². The van der Waals surface area contributed by atoms with Crippen LogP contribution in [0.4, 0.5) is 17.1 Å². The summed E-state index contributed by atoms with van der Waals surface area (Å²) >= 11 is 1.31. The Labute approximate surface area is 191 Å². The zero-order valence-electron chi connectivity index (χ0n) is 17.9. The van der Waals surface area contributed by atoms with Gasteiger partial charge in [0, 0.05) is 30.8 Å². The summed E-state index contributed by atoms with van der Waals surface area (Å²) < 4.78 is 0. The van der Waals surface area contributed by atoms with E-state index in [-0.39, 0.29) is 23.9 Å². The van der Waals surface area contributed by atoms with Crippen molar-refractivity contribution in [2.75, 3.05) is 11.9 Å². The molecule has 1 heterocycles. The van der Waals surface area contributed by atoms with E-state index in [0.717, 1.165) is 31.4 Å². The van der Waals surface area contributed by atoms with Crippen LogP contribution in [0.1, 0.15) is 39.0 Å². The van der Waals surface area contributed by atoms with Crippen LogP contribution in [0.3, 0.4) is 0 Å². The van der Waals surface area contributed by atoms with Gasteiger partial charge in [0.1, 0.15) is 5.25 Å². The van der Waals surface area contributed by atoms with Gasteiger partial charge in [-0.15, -0.1) is 0 Å². The molecule has 0 bridgehead atoms. The number of thioether (sulfide) groups is 1. The van der Waals surface area contributed by atoms with Crippen molar-refractivity contribution in [3.8, 4) is 0 Å². The normalized spacial score (nSPS) is 17.0. The van der Waals surface area contributed by atoms with Crippen molar-refractivity contribution in [2.45, 2.75) is 44.3 Å². The van der Waals surface area contributed by atoms with Gasteiger partial charge in [0.15, 0.2) is 5.17 Å². The van der Waals surface area contributed by atoms with Crippen LogP contribution in [-0.2, 0) is 9.59 Å². The lowest BCUT2D eigenvalue weighted by atomic mass is 10.2. The lowest BCUT2D eigenvalue weighted by Gasteiger charge is -2.16. The first-order valence-electron chi connectivity index (χ1n) is 10.6. The standard InChI is InChI=1S/C23H26N4O4S/c1-2-3-4-8-15-26-22(29)20(32-23(26)25-17-9-6-5-7-10-17)16-21(28)24-18-11-13-19(14-12-18)27(30)31/h5-7,9-14,20H,2-4,8,15-16H2,1H3,(H,24,28)/t20-/m0/s1. The third-order valence-electron chi connectivity index (χ3n) is 4.97. The Kier molecular flexibility index (Phi) is 8.38. The lowest BCUT2D eigenvalue weighted by molar-refractivity contribution is -0.384. The number of unbranched alkanes of at least 4 members (excludes halogenated alkanes) is 3. The SMILES string of the molecule is CCCCCCN1C(=O)[C@H](CC(=O)Nc2ccc([N+](=O)[O-])cc2)SC1=Nc1ccccc1. The van der Waals surface area contributed by atoms with Crippen molar-refractivity contribution in [2.24, 2.45) is 4.99 Å². The zero-order chi connectivity index (χ0) is 22.9. The number of amides is 2. The average Bonchev–Trinajstić information content (AvgIpc) is 3.06. The monoisotopic (exact) mass is 454 g/mol.